The quantitative estimate of drug-likeness (QED) is 0.855. The molecular formula is C19H23NO3S. The molecule has 1 heterocycles. The van der Waals surface area contributed by atoms with Gasteiger partial charge in [0.05, 0.1) is 17.6 Å². The molecule has 0 spiro atoms. The van der Waals surface area contributed by atoms with E-state index in [0.29, 0.717) is 18.0 Å². The molecule has 24 heavy (non-hydrogen) atoms. The molecule has 1 unspecified atom stereocenters. The summed E-state index contributed by atoms with van der Waals surface area (Å²) in [5, 5.41) is 0. The molecule has 0 fully saturated rings. The van der Waals surface area contributed by atoms with Crippen LogP contribution in [0.25, 0.3) is 0 Å². The highest BCUT2D eigenvalue weighted by molar-refractivity contribution is 7.89. The van der Waals surface area contributed by atoms with Crippen molar-refractivity contribution in [3.8, 4) is 0 Å². The molecule has 3 rings (SSSR count). The minimum absolute atomic E-state index is 0.120. The monoisotopic (exact) mass is 345 g/mol. The van der Waals surface area contributed by atoms with Crippen molar-refractivity contribution in [2.24, 2.45) is 0 Å². The lowest BCUT2D eigenvalue weighted by molar-refractivity contribution is 0.0202. The van der Waals surface area contributed by atoms with Gasteiger partial charge in [-0.3, -0.25) is 0 Å². The van der Waals surface area contributed by atoms with Crippen molar-refractivity contribution in [3.05, 3.63) is 64.7 Å². The van der Waals surface area contributed by atoms with Crippen molar-refractivity contribution in [1.82, 2.24) is 4.31 Å². The third-order valence-electron chi connectivity index (χ3n) is 4.52. The molecule has 0 saturated heterocycles. The molecule has 2 aromatic rings. The number of ether oxygens (including phenoxy) is 1. The predicted octanol–water partition coefficient (Wildman–Crippen LogP) is 3.07. The summed E-state index contributed by atoms with van der Waals surface area (Å²) in [6.45, 7) is 4.68. The van der Waals surface area contributed by atoms with Crippen LogP contribution in [0.4, 0.5) is 0 Å². The molecule has 1 atom stereocenters. The first-order valence-corrected chi connectivity index (χ1v) is 9.54. The number of sulfonamides is 1. The summed E-state index contributed by atoms with van der Waals surface area (Å²) in [6, 6.07) is 13.6. The van der Waals surface area contributed by atoms with Crippen molar-refractivity contribution in [3.63, 3.8) is 0 Å². The zero-order valence-corrected chi connectivity index (χ0v) is 15.1. The van der Waals surface area contributed by atoms with Crippen molar-refractivity contribution in [2.45, 2.75) is 37.9 Å². The smallest absolute Gasteiger partial charge is 0.243 e. The second kappa shape index (κ2) is 6.67. The Bertz CT molecular complexity index is 845. The molecule has 1 aliphatic rings. The van der Waals surface area contributed by atoms with Gasteiger partial charge in [-0.05, 0) is 36.6 Å². The topological polar surface area (TPSA) is 46.6 Å². The van der Waals surface area contributed by atoms with E-state index >= 15 is 0 Å². The van der Waals surface area contributed by atoms with Crippen molar-refractivity contribution in [1.29, 1.82) is 0 Å². The average Bonchev–Trinajstić information content (AvgIpc) is 2.54. The van der Waals surface area contributed by atoms with Gasteiger partial charge in [0.25, 0.3) is 0 Å². The van der Waals surface area contributed by atoms with E-state index in [9.17, 15) is 8.42 Å². The SMILES string of the molecule is Cc1ccc(S(=O)(=O)N(C)CC2Cc3ccccc3CO2)c(C)c1. The van der Waals surface area contributed by atoms with E-state index < -0.39 is 10.0 Å². The summed E-state index contributed by atoms with van der Waals surface area (Å²) in [6.07, 6.45) is 0.619. The molecule has 0 radical (unpaired) electrons. The minimum Gasteiger partial charge on any atom is -0.372 e. The molecule has 0 aliphatic carbocycles. The van der Waals surface area contributed by atoms with Crippen LogP contribution < -0.4 is 0 Å². The van der Waals surface area contributed by atoms with E-state index in [4.69, 9.17) is 4.74 Å². The van der Waals surface area contributed by atoms with Crippen LogP contribution in [0.2, 0.25) is 0 Å². The lowest BCUT2D eigenvalue weighted by atomic mass is 9.99. The van der Waals surface area contributed by atoms with Crippen LogP contribution in [0.5, 0.6) is 0 Å². The second-order valence-corrected chi connectivity index (χ2v) is 8.47. The number of hydrogen-bond donors (Lipinski definition) is 0. The van der Waals surface area contributed by atoms with Gasteiger partial charge in [0.1, 0.15) is 0 Å². The Balaban J connectivity index is 1.76. The van der Waals surface area contributed by atoms with Crippen LogP contribution in [0.3, 0.4) is 0 Å². The van der Waals surface area contributed by atoms with Gasteiger partial charge in [-0.25, -0.2) is 8.42 Å². The molecule has 0 bridgehead atoms. The van der Waals surface area contributed by atoms with Gasteiger partial charge in [0, 0.05) is 20.0 Å². The van der Waals surface area contributed by atoms with E-state index in [1.807, 2.05) is 38.1 Å². The Kier molecular flexibility index (Phi) is 4.76. The maximum Gasteiger partial charge on any atom is 0.243 e. The Morgan fingerprint density at radius 1 is 1.12 bits per heavy atom. The number of rotatable bonds is 4. The van der Waals surface area contributed by atoms with Gasteiger partial charge in [0.15, 0.2) is 0 Å². The van der Waals surface area contributed by atoms with Gasteiger partial charge >= 0.3 is 0 Å². The third kappa shape index (κ3) is 3.38. The summed E-state index contributed by atoms with van der Waals surface area (Å²) < 4.78 is 33.0. The second-order valence-electron chi connectivity index (χ2n) is 6.46. The number of likely N-dealkylation sites (N-methyl/N-ethyl adjacent to an activating group) is 1. The van der Waals surface area contributed by atoms with Crippen molar-refractivity contribution >= 4 is 10.0 Å². The van der Waals surface area contributed by atoms with Crippen LogP contribution in [0.15, 0.2) is 47.4 Å². The zero-order valence-electron chi connectivity index (χ0n) is 14.3. The van der Waals surface area contributed by atoms with Crippen LogP contribution in [0.1, 0.15) is 22.3 Å². The van der Waals surface area contributed by atoms with Crippen molar-refractivity contribution in [2.75, 3.05) is 13.6 Å². The van der Waals surface area contributed by atoms with Crippen molar-refractivity contribution < 1.29 is 13.2 Å². The van der Waals surface area contributed by atoms with Gasteiger partial charge in [-0.15, -0.1) is 0 Å². The number of nitrogens with zero attached hydrogens (tertiary/aromatic N) is 1. The molecule has 4 nitrogen and oxygen atoms in total. The molecule has 0 aromatic heterocycles. The first-order valence-electron chi connectivity index (χ1n) is 8.10. The number of aryl methyl sites for hydroxylation is 2. The standard InChI is InChI=1S/C19H23NO3S/c1-14-8-9-19(15(2)10-14)24(21,22)20(3)12-18-11-16-6-4-5-7-17(16)13-23-18/h4-10,18H,11-13H2,1-3H3. The van der Waals surface area contributed by atoms with E-state index in [1.165, 1.54) is 15.4 Å². The number of fused-ring (bicyclic) bond motifs is 1. The summed E-state index contributed by atoms with van der Waals surface area (Å²) in [5.41, 5.74) is 4.26. The van der Waals surface area contributed by atoms with Crippen LogP contribution in [-0.2, 0) is 27.8 Å². The maximum absolute atomic E-state index is 12.9. The first kappa shape index (κ1) is 17.1. The molecule has 5 heteroatoms. The fourth-order valence-corrected chi connectivity index (χ4v) is 4.57. The highest BCUT2D eigenvalue weighted by Crippen LogP contribution is 2.24. The number of hydrogen-bond acceptors (Lipinski definition) is 3. The normalized spacial score (nSPS) is 17.8. The van der Waals surface area contributed by atoms with Crippen LogP contribution in [-0.4, -0.2) is 32.4 Å². The predicted molar refractivity (Wildman–Crippen MR) is 94.5 cm³/mol. The Morgan fingerprint density at radius 2 is 1.83 bits per heavy atom. The number of benzene rings is 2. The third-order valence-corrected chi connectivity index (χ3v) is 6.50. The Hall–Kier alpha value is -1.69. The first-order chi connectivity index (χ1) is 11.4. The average molecular weight is 345 g/mol. The molecule has 1 aliphatic heterocycles. The van der Waals surface area contributed by atoms with E-state index in [1.54, 1.807) is 13.1 Å². The highest BCUT2D eigenvalue weighted by atomic mass is 32.2. The summed E-state index contributed by atoms with van der Waals surface area (Å²) >= 11 is 0. The van der Waals surface area contributed by atoms with Gasteiger partial charge in [-0.2, -0.15) is 4.31 Å². The molecule has 0 amide bonds. The fourth-order valence-electron chi connectivity index (χ4n) is 3.17. The maximum atomic E-state index is 12.9. The largest absolute Gasteiger partial charge is 0.372 e. The molecule has 0 saturated carbocycles. The summed E-state index contributed by atoms with van der Waals surface area (Å²) in [7, 11) is -1.89. The van der Waals surface area contributed by atoms with E-state index in [2.05, 4.69) is 12.1 Å². The lowest BCUT2D eigenvalue weighted by Gasteiger charge is -2.29. The van der Waals surface area contributed by atoms with Gasteiger partial charge in [-0.1, -0.05) is 42.0 Å². The summed E-state index contributed by atoms with van der Waals surface area (Å²) in [5.74, 6) is 0. The highest BCUT2D eigenvalue weighted by Gasteiger charge is 2.27. The van der Waals surface area contributed by atoms with Gasteiger partial charge < -0.3 is 4.74 Å². The van der Waals surface area contributed by atoms with Crippen LogP contribution in [0, 0.1) is 13.8 Å². The van der Waals surface area contributed by atoms with Gasteiger partial charge in [0.2, 0.25) is 10.0 Å². The Morgan fingerprint density at radius 3 is 2.54 bits per heavy atom. The minimum atomic E-state index is -3.51. The molecule has 128 valence electrons. The molecule has 2 aromatic carbocycles. The summed E-state index contributed by atoms with van der Waals surface area (Å²) in [4.78, 5) is 0.367. The lowest BCUT2D eigenvalue weighted by Crippen LogP contribution is -2.38. The zero-order chi connectivity index (χ0) is 17.3. The molecular weight excluding hydrogens is 322 g/mol. The van der Waals surface area contributed by atoms with Crippen LogP contribution >= 0.6 is 0 Å². The Labute approximate surface area is 144 Å². The van der Waals surface area contributed by atoms with E-state index in [-0.39, 0.29) is 6.10 Å². The molecule has 0 N–H and O–H groups in total. The van der Waals surface area contributed by atoms with E-state index in [0.717, 1.165) is 17.5 Å². The fraction of sp³-hybridized carbons (Fsp3) is 0.368.